The number of esters is 1. The molecule has 0 radical (unpaired) electrons. The first-order valence-corrected chi connectivity index (χ1v) is 6.57. The fraction of sp³-hybridized carbons (Fsp3) is 0.923. The third-order valence-corrected chi connectivity index (χ3v) is 4.90. The molecule has 3 nitrogen and oxygen atoms in total. The van der Waals surface area contributed by atoms with Crippen LogP contribution in [0.25, 0.3) is 0 Å². The molecule has 1 saturated heterocycles. The van der Waals surface area contributed by atoms with Gasteiger partial charge >= 0.3 is 5.97 Å². The Bertz CT molecular complexity index is 297. The smallest absolute Gasteiger partial charge is 0.338 e. The highest BCUT2D eigenvalue weighted by molar-refractivity contribution is 5.77. The van der Waals surface area contributed by atoms with Gasteiger partial charge < -0.3 is 9.47 Å². The molecule has 4 bridgehead atoms. The van der Waals surface area contributed by atoms with Crippen LogP contribution in [-0.4, -0.2) is 24.3 Å². The molecule has 4 aliphatic carbocycles. The quantitative estimate of drug-likeness (QED) is 0.529. The Morgan fingerprint density at radius 3 is 2.00 bits per heavy atom. The summed E-state index contributed by atoms with van der Waals surface area (Å²) in [5.74, 6) is 2.40. The number of carbonyl (C=O) groups is 1. The molecule has 0 aromatic heterocycles. The Balaban J connectivity index is 1.54. The van der Waals surface area contributed by atoms with Crippen molar-refractivity contribution in [2.75, 3.05) is 6.61 Å². The number of carbonyl (C=O) groups excluding carboxylic acids is 1. The maximum Gasteiger partial charge on any atom is 0.338 e. The maximum absolute atomic E-state index is 11.7. The second kappa shape index (κ2) is 3.00. The molecule has 0 amide bonds. The van der Waals surface area contributed by atoms with Gasteiger partial charge in [0, 0.05) is 0 Å². The van der Waals surface area contributed by atoms with E-state index in [1.807, 2.05) is 0 Å². The summed E-state index contributed by atoms with van der Waals surface area (Å²) in [6, 6.07) is 0. The summed E-state index contributed by atoms with van der Waals surface area (Å²) in [7, 11) is 0. The van der Waals surface area contributed by atoms with E-state index >= 15 is 0 Å². The van der Waals surface area contributed by atoms with Crippen LogP contribution in [0.2, 0.25) is 0 Å². The standard InChI is InChI=1S/C13H18O3/c14-12(11-7-15-11)16-13-4-8-1-9(5-13)3-10(2-8)6-13/h8-11H,1-7H2. The summed E-state index contributed by atoms with van der Waals surface area (Å²) in [6.45, 7) is 0.575. The average Bonchev–Trinajstić information content (AvgIpc) is 2.96. The fourth-order valence-corrected chi connectivity index (χ4v) is 4.62. The van der Waals surface area contributed by atoms with Gasteiger partial charge in [0.25, 0.3) is 0 Å². The van der Waals surface area contributed by atoms with E-state index in [4.69, 9.17) is 9.47 Å². The minimum absolute atomic E-state index is 0.0855. The van der Waals surface area contributed by atoms with Gasteiger partial charge in [-0.25, -0.2) is 4.79 Å². The lowest BCUT2D eigenvalue weighted by Gasteiger charge is -2.55. The summed E-state index contributed by atoms with van der Waals surface area (Å²) < 4.78 is 10.8. The normalized spacial score (nSPS) is 52.8. The van der Waals surface area contributed by atoms with Crippen LogP contribution in [0.3, 0.4) is 0 Å². The molecule has 1 heterocycles. The summed E-state index contributed by atoms with van der Waals surface area (Å²) in [4.78, 5) is 11.7. The second-order valence-electron chi connectivity index (χ2n) is 6.34. The third kappa shape index (κ3) is 1.41. The SMILES string of the molecule is O=C(OC12CC3CC(CC(C3)C1)C2)C1CO1. The first kappa shape index (κ1) is 9.46. The van der Waals surface area contributed by atoms with Gasteiger partial charge in [-0.05, 0) is 56.3 Å². The van der Waals surface area contributed by atoms with Crippen molar-refractivity contribution in [2.45, 2.75) is 50.2 Å². The number of epoxide rings is 1. The van der Waals surface area contributed by atoms with E-state index in [2.05, 4.69) is 0 Å². The van der Waals surface area contributed by atoms with Gasteiger partial charge in [-0.3, -0.25) is 0 Å². The molecular weight excluding hydrogens is 204 g/mol. The molecule has 5 aliphatic rings. The molecule has 16 heavy (non-hydrogen) atoms. The Kier molecular flexibility index (Phi) is 1.78. The molecule has 0 aromatic carbocycles. The van der Waals surface area contributed by atoms with Gasteiger partial charge in [-0.2, -0.15) is 0 Å². The predicted molar refractivity (Wildman–Crippen MR) is 56.7 cm³/mol. The van der Waals surface area contributed by atoms with Crippen LogP contribution in [-0.2, 0) is 14.3 Å². The minimum Gasteiger partial charge on any atom is -0.457 e. The van der Waals surface area contributed by atoms with E-state index in [0.29, 0.717) is 6.61 Å². The number of rotatable bonds is 2. The highest BCUT2D eigenvalue weighted by atomic mass is 16.6. The molecule has 0 aromatic rings. The Hall–Kier alpha value is -0.570. The van der Waals surface area contributed by atoms with Crippen LogP contribution >= 0.6 is 0 Å². The third-order valence-electron chi connectivity index (χ3n) is 4.90. The maximum atomic E-state index is 11.7. The highest BCUT2D eigenvalue weighted by Gasteiger charge is 2.54. The summed E-state index contributed by atoms with van der Waals surface area (Å²) in [5.41, 5.74) is -0.0855. The van der Waals surface area contributed by atoms with Crippen molar-refractivity contribution in [1.29, 1.82) is 0 Å². The Labute approximate surface area is 95.5 Å². The molecule has 5 fully saturated rings. The topological polar surface area (TPSA) is 38.8 Å². The zero-order valence-corrected chi connectivity index (χ0v) is 9.48. The lowest BCUT2D eigenvalue weighted by molar-refractivity contribution is -0.187. The zero-order valence-electron chi connectivity index (χ0n) is 9.48. The van der Waals surface area contributed by atoms with E-state index in [1.165, 1.54) is 19.3 Å². The Morgan fingerprint density at radius 1 is 1.06 bits per heavy atom. The van der Waals surface area contributed by atoms with Crippen molar-refractivity contribution in [3.63, 3.8) is 0 Å². The molecule has 0 spiro atoms. The summed E-state index contributed by atoms with van der Waals surface area (Å²) in [6.07, 6.45) is 7.30. The fourth-order valence-electron chi connectivity index (χ4n) is 4.62. The lowest BCUT2D eigenvalue weighted by atomic mass is 9.54. The van der Waals surface area contributed by atoms with Gasteiger partial charge in [0.15, 0.2) is 6.10 Å². The van der Waals surface area contributed by atoms with Crippen LogP contribution in [0.4, 0.5) is 0 Å². The first-order chi connectivity index (χ1) is 7.72. The average molecular weight is 222 g/mol. The number of hydrogen-bond donors (Lipinski definition) is 0. The van der Waals surface area contributed by atoms with Gasteiger partial charge in [-0.1, -0.05) is 0 Å². The van der Waals surface area contributed by atoms with Crippen molar-refractivity contribution in [1.82, 2.24) is 0 Å². The largest absolute Gasteiger partial charge is 0.457 e. The molecule has 5 rings (SSSR count). The van der Waals surface area contributed by atoms with Crippen molar-refractivity contribution < 1.29 is 14.3 Å². The molecule has 4 saturated carbocycles. The van der Waals surface area contributed by atoms with Crippen molar-refractivity contribution in [3.8, 4) is 0 Å². The van der Waals surface area contributed by atoms with Crippen molar-refractivity contribution in [3.05, 3.63) is 0 Å². The van der Waals surface area contributed by atoms with Crippen LogP contribution in [0, 0.1) is 17.8 Å². The molecule has 1 aliphatic heterocycles. The molecule has 88 valence electrons. The van der Waals surface area contributed by atoms with E-state index < -0.39 is 0 Å². The van der Waals surface area contributed by atoms with E-state index in [0.717, 1.165) is 37.0 Å². The van der Waals surface area contributed by atoms with E-state index in [9.17, 15) is 4.79 Å². The number of ether oxygens (including phenoxy) is 2. The summed E-state index contributed by atoms with van der Waals surface area (Å²) >= 11 is 0. The summed E-state index contributed by atoms with van der Waals surface area (Å²) in [5, 5.41) is 0. The predicted octanol–water partition coefficient (Wildman–Crippen LogP) is 1.90. The van der Waals surface area contributed by atoms with Gasteiger partial charge in [0.1, 0.15) is 5.60 Å². The van der Waals surface area contributed by atoms with E-state index in [-0.39, 0.29) is 17.7 Å². The lowest BCUT2D eigenvalue weighted by Crippen LogP contribution is -2.53. The monoisotopic (exact) mass is 222 g/mol. The van der Waals surface area contributed by atoms with Crippen LogP contribution in [0.15, 0.2) is 0 Å². The number of hydrogen-bond acceptors (Lipinski definition) is 3. The zero-order chi connectivity index (χ0) is 10.8. The molecule has 0 N–H and O–H groups in total. The van der Waals surface area contributed by atoms with Crippen molar-refractivity contribution >= 4 is 5.97 Å². The van der Waals surface area contributed by atoms with Crippen LogP contribution in [0.1, 0.15) is 38.5 Å². The van der Waals surface area contributed by atoms with Crippen LogP contribution in [0.5, 0.6) is 0 Å². The van der Waals surface area contributed by atoms with Gasteiger partial charge in [-0.15, -0.1) is 0 Å². The minimum atomic E-state index is -0.229. The highest BCUT2D eigenvalue weighted by Crippen LogP contribution is 2.57. The van der Waals surface area contributed by atoms with Gasteiger partial charge in [0.05, 0.1) is 6.61 Å². The molecular formula is C13H18O3. The van der Waals surface area contributed by atoms with Crippen molar-refractivity contribution in [2.24, 2.45) is 17.8 Å². The molecule has 1 atom stereocenters. The van der Waals surface area contributed by atoms with E-state index in [1.54, 1.807) is 0 Å². The molecule has 3 heteroatoms. The Morgan fingerprint density at radius 2 is 1.56 bits per heavy atom. The second-order valence-corrected chi connectivity index (χ2v) is 6.34. The van der Waals surface area contributed by atoms with Gasteiger partial charge in [0.2, 0.25) is 0 Å². The van der Waals surface area contributed by atoms with Crippen LogP contribution < -0.4 is 0 Å². The molecule has 1 unspecified atom stereocenters. The first-order valence-electron chi connectivity index (χ1n) is 6.57.